The molecular formula is C10H7BrCl2N2. The Morgan fingerprint density at radius 1 is 1.40 bits per heavy atom. The predicted molar refractivity (Wildman–Crippen MR) is 65.8 cm³/mol. The average molecular weight is 306 g/mol. The summed E-state index contributed by atoms with van der Waals surface area (Å²) >= 11 is 15.1. The second-order valence-corrected chi connectivity index (χ2v) is 4.60. The minimum absolute atomic E-state index is 0.419. The fourth-order valence-corrected chi connectivity index (χ4v) is 2.06. The van der Waals surface area contributed by atoms with Crippen molar-refractivity contribution in [1.29, 1.82) is 0 Å². The van der Waals surface area contributed by atoms with Crippen LogP contribution in [0.25, 0.3) is 5.69 Å². The lowest BCUT2D eigenvalue weighted by Crippen LogP contribution is -1.94. The number of benzene rings is 1. The zero-order chi connectivity index (χ0) is 10.8. The van der Waals surface area contributed by atoms with E-state index in [9.17, 15) is 0 Å². The zero-order valence-electron chi connectivity index (χ0n) is 7.62. The number of nitrogens with zero attached hydrogens (tertiary/aromatic N) is 2. The Labute approximate surface area is 106 Å². The van der Waals surface area contributed by atoms with Crippen LogP contribution in [0, 0.1) is 0 Å². The Kier molecular flexibility index (Phi) is 3.34. The first-order valence-corrected chi connectivity index (χ1v) is 5.96. The Morgan fingerprint density at radius 3 is 2.73 bits per heavy atom. The van der Waals surface area contributed by atoms with Crippen molar-refractivity contribution in [3.63, 3.8) is 0 Å². The van der Waals surface area contributed by atoms with Gasteiger partial charge in [0, 0.05) is 17.1 Å². The molecule has 15 heavy (non-hydrogen) atoms. The van der Waals surface area contributed by atoms with E-state index in [0.717, 1.165) is 15.7 Å². The van der Waals surface area contributed by atoms with Crippen LogP contribution in [0.1, 0.15) is 5.56 Å². The average Bonchev–Trinajstić information content (AvgIpc) is 2.65. The van der Waals surface area contributed by atoms with E-state index in [1.165, 1.54) is 0 Å². The summed E-state index contributed by atoms with van der Waals surface area (Å²) in [6.07, 6.45) is 3.59. The Balaban J connectivity index is 2.42. The highest BCUT2D eigenvalue weighted by Crippen LogP contribution is 2.22. The second kappa shape index (κ2) is 4.56. The van der Waals surface area contributed by atoms with Crippen molar-refractivity contribution in [3.8, 4) is 5.69 Å². The lowest BCUT2D eigenvalue weighted by atomic mass is 10.2. The van der Waals surface area contributed by atoms with Gasteiger partial charge in [-0.2, -0.15) is 5.10 Å². The molecule has 2 rings (SSSR count). The summed E-state index contributed by atoms with van der Waals surface area (Å²) in [5, 5.41) is 4.82. The molecule has 1 aromatic heterocycles. The Morgan fingerprint density at radius 2 is 2.20 bits per heavy atom. The third kappa shape index (κ3) is 2.36. The van der Waals surface area contributed by atoms with Crippen LogP contribution in [0.4, 0.5) is 0 Å². The summed E-state index contributed by atoms with van der Waals surface area (Å²) in [7, 11) is 0. The summed E-state index contributed by atoms with van der Waals surface area (Å²) in [6.45, 7) is 0. The molecule has 0 atom stereocenters. The normalized spacial score (nSPS) is 10.6. The molecule has 0 spiro atoms. The summed E-state index contributed by atoms with van der Waals surface area (Å²) in [4.78, 5) is 0. The van der Waals surface area contributed by atoms with Crippen molar-refractivity contribution in [2.75, 3.05) is 0 Å². The molecule has 0 radical (unpaired) electrons. The largest absolute Gasteiger partial charge is 0.240 e. The third-order valence-electron chi connectivity index (χ3n) is 2.00. The van der Waals surface area contributed by atoms with Crippen molar-refractivity contribution in [2.24, 2.45) is 0 Å². The van der Waals surface area contributed by atoms with Gasteiger partial charge in [0.25, 0.3) is 0 Å². The van der Waals surface area contributed by atoms with Gasteiger partial charge < -0.3 is 0 Å². The zero-order valence-corrected chi connectivity index (χ0v) is 10.7. The molecule has 0 aliphatic carbocycles. The molecule has 1 aromatic carbocycles. The van der Waals surface area contributed by atoms with Crippen LogP contribution in [-0.2, 0) is 5.88 Å². The van der Waals surface area contributed by atoms with Gasteiger partial charge in [-0.15, -0.1) is 11.6 Å². The molecule has 0 N–H and O–H groups in total. The van der Waals surface area contributed by atoms with E-state index in [2.05, 4.69) is 21.0 Å². The molecule has 0 saturated carbocycles. The van der Waals surface area contributed by atoms with E-state index in [-0.39, 0.29) is 0 Å². The van der Waals surface area contributed by atoms with Crippen molar-refractivity contribution in [2.45, 2.75) is 5.88 Å². The molecule has 0 bridgehead atoms. The van der Waals surface area contributed by atoms with Gasteiger partial charge >= 0.3 is 0 Å². The molecule has 0 aliphatic heterocycles. The molecular weight excluding hydrogens is 299 g/mol. The summed E-state index contributed by atoms with van der Waals surface area (Å²) in [5.74, 6) is 0.419. The molecule has 2 aromatic rings. The Bertz CT molecular complexity index is 482. The third-order valence-corrected chi connectivity index (χ3v) is 3.05. The van der Waals surface area contributed by atoms with Gasteiger partial charge in [0.15, 0.2) is 0 Å². The van der Waals surface area contributed by atoms with E-state index >= 15 is 0 Å². The fourth-order valence-electron chi connectivity index (χ4n) is 1.23. The maximum Gasteiger partial charge on any atom is 0.0661 e. The highest BCUT2D eigenvalue weighted by molar-refractivity contribution is 9.10. The summed E-state index contributed by atoms with van der Waals surface area (Å²) < 4.78 is 2.67. The van der Waals surface area contributed by atoms with Crippen LogP contribution in [0.15, 0.2) is 35.1 Å². The van der Waals surface area contributed by atoms with Gasteiger partial charge in [-0.05, 0) is 33.6 Å². The number of aromatic nitrogens is 2. The summed E-state index contributed by atoms with van der Waals surface area (Å²) in [6, 6.07) is 5.68. The van der Waals surface area contributed by atoms with Crippen LogP contribution >= 0.6 is 39.1 Å². The molecule has 2 nitrogen and oxygen atoms in total. The number of rotatable bonds is 2. The number of hydrogen-bond donors (Lipinski definition) is 0. The molecule has 0 saturated heterocycles. The first-order valence-electron chi connectivity index (χ1n) is 4.25. The van der Waals surface area contributed by atoms with Crippen LogP contribution in [-0.4, -0.2) is 9.78 Å². The minimum atomic E-state index is 0.419. The molecule has 0 unspecified atom stereocenters. The smallest absolute Gasteiger partial charge is 0.0661 e. The van der Waals surface area contributed by atoms with Gasteiger partial charge in [0.05, 0.1) is 16.4 Å². The monoisotopic (exact) mass is 304 g/mol. The molecule has 0 aliphatic rings. The lowest BCUT2D eigenvalue weighted by Gasteiger charge is -2.04. The van der Waals surface area contributed by atoms with E-state index in [0.29, 0.717) is 10.9 Å². The van der Waals surface area contributed by atoms with Crippen molar-refractivity contribution < 1.29 is 0 Å². The van der Waals surface area contributed by atoms with Crippen molar-refractivity contribution in [1.82, 2.24) is 9.78 Å². The molecule has 78 valence electrons. The van der Waals surface area contributed by atoms with Crippen LogP contribution in [0.5, 0.6) is 0 Å². The van der Waals surface area contributed by atoms with E-state index in [1.54, 1.807) is 10.9 Å². The van der Waals surface area contributed by atoms with Gasteiger partial charge in [-0.25, -0.2) is 4.68 Å². The van der Waals surface area contributed by atoms with Gasteiger partial charge in [0.1, 0.15) is 0 Å². The van der Waals surface area contributed by atoms with Gasteiger partial charge in [0.2, 0.25) is 0 Å². The van der Waals surface area contributed by atoms with E-state index in [4.69, 9.17) is 23.2 Å². The van der Waals surface area contributed by atoms with Gasteiger partial charge in [-0.3, -0.25) is 0 Å². The van der Waals surface area contributed by atoms with Gasteiger partial charge in [-0.1, -0.05) is 17.7 Å². The van der Waals surface area contributed by atoms with Crippen molar-refractivity contribution >= 4 is 39.1 Å². The maximum absolute atomic E-state index is 6.05. The number of alkyl halides is 1. The fraction of sp³-hybridized carbons (Fsp3) is 0.100. The molecule has 5 heteroatoms. The second-order valence-electron chi connectivity index (χ2n) is 3.01. The minimum Gasteiger partial charge on any atom is -0.240 e. The lowest BCUT2D eigenvalue weighted by molar-refractivity contribution is 0.880. The highest BCUT2D eigenvalue weighted by Gasteiger charge is 2.03. The first-order chi connectivity index (χ1) is 7.20. The van der Waals surface area contributed by atoms with Crippen LogP contribution in [0.2, 0.25) is 5.02 Å². The number of halogens is 3. The van der Waals surface area contributed by atoms with E-state index in [1.807, 2.05) is 24.4 Å². The molecule has 1 heterocycles. The Hall–Kier alpha value is -0.510. The van der Waals surface area contributed by atoms with Crippen LogP contribution in [0.3, 0.4) is 0 Å². The van der Waals surface area contributed by atoms with Crippen LogP contribution < -0.4 is 0 Å². The summed E-state index contributed by atoms with van der Waals surface area (Å²) in [5.41, 5.74) is 1.84. The van der Waals surface area contributed by atoms with Crippen molar-refractivity contribution in [3.05, 3.63) is 45.7 Å². The standard InChI is InChI=1S/C10H7BrCl2N2/c11-8-5-14-15(6-8)9-2-1-7(4-12)10(13)3-9/h1-3,5-6H,4H2. The number of hydrogen-bond acceptors (Lipinski definition) is 1. The SMILES string of the molecule is ClCc1ccc(-n2cc(Br)cn2)cc1Cl. The highest BCUT2D eigenvalue weighted by atomic mass is 79.9. The maximum atomic E-state index is 6.05. The molecule has 0 fully saturated rings. The predicted octanol–water partition coefficient (Wildman–Crippen LogP) is 4.03. The molecule has 0 amide bonds. The first kappa shape index (κ1) is 11.0. The topological polar surface area (TPSA) is 17.8 Å². The van der Waals surface area contributed by atoms with E-state index < -0.39 is 0 Å². The quantitative estimate of drug-likeness (QED) is 0.766.